The molecule has 1 N–H and O–H groups in total. The Hall–Kier alpha value is -2.61. The topological polar surface area (TPSA) is 55.6 Å². The molecule has 0 spiro atoms. The van der Waals surface area contributed by atoms with Crippen LogP contribution in [0.3, 0.4) is 0 Å². The van der Waals surface area contributed by atoms with E-state index >= 15 is 0 Å². The predicted octanol–water partition coefficient (Wildman–Crippen LogP) is 5.51. The fourth-order valence-electron chi connectivity index (χ4n) is 2.82. The highest BCUT2D eigenvalue weighted by atomic mass is 35.5. The number of aromatic nitrogens is 4. The van der Waals surface area contributed by atoms with E-state index in [9.17, 15) is 13.2 Å². The van der Waals surface area contributed by atoms with Crippen LogP contribution in [0.25, 0.3) is 11.3 Å². The molecule has 0 aliphatic rings. The van der Waals surface area contributed by atoms with Crippen LogP contribution in [-0.4, -0.2) is 19.7 Å². The number of benzene rings is 1. The van der Waals surface area contributed by atoms with Crippen LogP contribution >= 0.6 is 11.6 Å². The van der Waals surface area contributed by atoms with Crippen LogP contribution < -0.4 is 5.32 Å². The summed E-state index contributed by atoms with van der Waals surface area (Å²) >= 11 is 5.87. The van der Waals surface area contributed by atoms with Crippen molar-refractivity contribution in [3.05, 3.63) is 58.5 Å². The Morgan fingerprint density at radius 1 is 1.18 bits per heavy atom. The second kappa shape index (κ2) is 7.79. The highest BCUT2D eigenvalue weighted by Crippen LogP contribution is 2.32. The third-order valence-corrected chi connectivity index (χ3v) is 4.53. The SMILES string of the molecule is CCn1cc(C(C)Nc2nc(-c3ccc(Cl)cc3)cc(C(F)(F)F)n2)c(C)n1. The maximum absolute atomic E-state index is 13.3. The van der Waals surface area contributed by atoms with Crippen molar-refractivity contribution in [2.24, 2.45) is 0 Å². The largest absolute Gasteiger partial charge is 0.433 e. The normalized spacial score (nSPS) is 12.8. The van der Waals surface area contributed by atoms with E-state index in [1.807, 2.05) is 27.0 Å². The van der Waals surface area contributed by atoms with E-state index in [0.29, 0.717) is 17.1 Å². The standard InChI is InChI=1S/C19H19ClF3N5/c1-4-28-10-15(12(3)27-28)11(2)24-18-25-16(9-17(26-18)19(21,22)23)13-5-7-14(20)8-6-13/h5-11H,4H2,1-3H3,(H,24,25,26). The van der Waals surface area contributed by atoms with E-state index < -0.39 is 11.9 Å². The van der Waals surface area contributed by atoms with Gasteiger partial charge in [-0.2, -0.15) is 18.3 Å². The Balaban J connectivity index is 1.98. The molecular weight excluding hydrogens is 391 g/mol. The summed E-state index contributed by atoms with van der Waals surface area (Å²) < 4.78 is 41.8. The molecule has 5 nitrogen and oxygen atoms in total. The number of alkyl halides is 3. The van der Waals surface area contributed by atoms with Crippen LogP contribution in [-0.2, 0) is 12.7 Å². The van der Waals surface area contributed by atoms with E-state index in [2.05, 4.69) is 20.4 Å². The Bertz CT molecular complexity index is 967. The van der Waals surface area contributed by atoms with Gasteiger partial charge in [0.25, 0.3) is 0 Å². The zero-order chi connectivity index (χ0) is 20.5. The van der Waals surface area contributed by atoms with Crippen molar-refractivity contribution in [2.45, 2.75) is 39.5 Å². The average Bonchev–Trinajstić information content (AvgIpc) is 3.02. The van der Waals surface area contributed by atoms with Gasteiger partial charge in [-0.05, 0) is 39.0 Å². The molecule has 1 aromatic carbocycles. The summed E-state index contributed by atoms with van der Waals surface area (Å²) in [5, 5.41) is 7.82. The summed E-state index contributed by atoms with van der Waals surface area (Å²) in [4.78, 5) is 7.95. The van der Waals surface area contributed by atoms with Crippen LogP contribution in [0.4, 0.5) is 19.1 Å². The Labute approximate surface area is 165 Å². The van der Waals surface area contributed by atoms with Gasteiger partial charge in [0, 0.05) is 28.9 Å². The molecule has 2 heterocycles. The first kappa shape index (κ1) is 20.1. The van der Waals surface area contributed by atoms with Crippen molar-refractivity contribution in [1.82, 2.24) is 19.7 Å². The number of nitrogens with one attached hydrogen (secondary N) is 1. The molecule has 0 saturated heterocycles. The number of hydrogen-bond donors (Lipinski definition) is 1. The molecule has 2 aromatic heterocycles. The number of rotatable bonds is 5. The first-order valence-corrected chi connectivity index (χ1v) is 9.08. The monoisotopic (exact) mass is 409 g/mol. The van der Waals surface area contributed by atoms with Gasteiger partial charge < -0.3 is 5.32 Å². The smallest absolute Gasteiger partial charge is 0.348 e. The lowest BCUT2D eigenvalue weighted by Crippen LogP contribution is -2.15. The summed E-state index contributed by atoms with van der Waals surface area (Å²) in [6, 6.07) is 7.05. The van der Waals surface area contributed by atoms with Crippen LogP contribution in [0.1, 0.15) is 36.8 Å². The van der Waals surface area contributed by atoms with Gasteiger partial charge in [0.2, 0.25) is 5.95 Å². The molecular formula is C19H19ClF3N5. The summed E-state index contributed by atoms with van der Waals surface area (Å²) in [6.07, 6.45) is -2.73. The molecule has 28 heavy (non-hydrogen) atoms. The zero-order valence-electron chi connectivity index (χ0n) is 15.5. The Morgan fingerprint density at radius 2 is 1.86 bits per heavy atom. The van der Waals surface area contributed by atoms with Gasteiger partial charge in [-0.3, -0.25) is 4.68 Å². The van der Waals surface area contributed by atoms with Gasteiger partial charge in [-0.15, -0.1) is 0 Å². The summed E-state index contributed by atoms with van der Waals surface area (Å²) in [5.41, 5.74) is 1.34. The van der Waals surface area contributed by atoms with E-state index in [4.69, 9.17) is 11.6 Å². The van der Waals surface area contributed by atoms with Crippen LogP contribution in [0, 0.1) is 6.92 Å². The van der Waals surface area contributed by atoms with Crippen molar-refractivity contribution in [3.8, 4) is 11.3 Å². The van der Waals surface area contributed by atoms with Gasteiger partial charge in [-0.1, -0.05) is 23.7 Å². The second-order valence-corrected chi connectivity index (χ2v) is 6.79. The van der Waals surface area contributed by atoms with Crippen molar-refractivity contribution in [3.63, 3.8) is 0 Å². The van der Waals surface area contributed by atoms with Crippen molar-refractivity contribution < 1.29 is 13.2 Å². The number of nitrogens with zero attached hydrogens (tertiary/aromatic N) is 4. The number of halogens is 4. The minimum Gasteiger partial charge on any atom is -0.348 e. The third-order valence-electron chi connectivity index (χ3n) is 4.28. The third kappa shape index (κ3) is 4.44. The maximum atomic E-state index is 13.3. The molecule has 0 aliphatic carbocycles. The summed E-state index contributed by atoms with van der Waals surface area (Å²) in [6.45, 7) is 6.35. The number of hydrogen-bond acceptors (Lipinski definition) is 4. The molecule has 0 aliphatic heterocycles. The second-order valence-electron chi connectivity index (χ2n) is 6.36. The first-order valence-electron chi connectivity index (χ1n) is 8.70. The quantitative estimate of drug-likeness (QED) is 0.603. The van der Waals surface area contributed by atoms with Crippen LogP contribution in [0.15, 0.2) is 36.5 Å². The lowest BCUT2D eigenvalue weighted by atomic mass is 10.1. The van der Waals surface area contributed by atoms with Crippen molar-refractivity contribution in [2.75, 3.05) is 5.32 Å². The van der Waals surface area contributed by atoms with Crippen molar-refractivity contribution >= 4 is 17.5 Å². The van der Waals surface area contributed by atoms with Gasteiger partial charge in [-0.25, -0.2) is 9.97 Å². The summed E-state index contributed by atoms with van der Waals surface area (Å²) in [5.74, 6) is -0.101. The highest BCUT2D eigenvalue weighted by molar-refractivity contribution is 6.30. The van der Waals surface area contributed by atoms with Crippen molar-refractivity contribution in [1.29, 1.82) is 0 Å². The van der Waals surface area contributed by atoms with E-state index in [1.165, 1.54) is 0 Å². The zero-order valence-corrected chi connectivity index (χ0v) is 16.3. The molecule has 3 aromatic rings. The van der Waals surface area contributed by atoms with Gasteiger partial charge in [0.1, 0.15) is 0 Å². The number of anilines is 1. The first-order chi connectivity index (χ1) is 13.2. The fraction of sp³-hybridized carbons (Fsp3) is 0.316. The maximum Gasteiger partial charge on any atom is 0.433 e. The molecule has 148 valence electrons. The Morgan fingerprint density at radius 3 is 2.43 bits per heavy atom. The molecule has 0 bridgehead atoms. The van der Waals surface area contributed by atoms with Crippen LogP contribution in [0.5, 0.6) is 0 Å². The fourth-order valence-corrected chi connectivity index (χ4v) is 2.94. The van der Waals surface area contributed by atoms with Gasteiger partial charge >= 0.3 is 6.18 Å². The minimum atomic E-state index is -4.59. The lowest BCUT2D eigenvalue weighted by molar-refractivity contribution is -0.141. The predicted molar refractivity (Wildman–Crippen MR) is 102 cm³/mol. The van der Waals surface area contributed by atoms with Gasteiger partial charge in [0.05, 0.1) is 17.4 Å². The summed E-state index contributed by atoms with van der Waals surface area (Å²) in [7, 11) is 0. The highest BCUT2D eigenvalue weighted by Gasteiger charge is 2.34. The molecule has 0 radical (unpaired) electrons. The lowest BCUT2D eigenvalue weighted by Gasteiger charge is -2.16. The molecule has 0 saturated carbocycles. The van der Waals surface area contributed by atoms with E-state index in [0.717, 1.165) is 17.3 Å². The molecule has 1 unspecified atom stereocenters. The van der Waals surface area contributed by atoms with Crippen LogP contribution in [0.2, 0.25) is 5.02 Å². The molecule has 3 rings (SSSR count). The molecule has 0 fully saturated rings. The van der Waals surface area contributed by atoms with E-state index in [-0.39, 0.29) is 17.7 Å². The minimum absolute atomic E-state index is 0.101. The average molecular weight is 410 g/mol. The van der Waals surface area contributed by atoms with Gasteiger partial charge in [0.15, 0.2) is 5.69 Å². The Kier molecular flexibility index (Phi) is 5.60. The molecule has 9 heteroatoms. The molecule has 0 amide bonds. The number of aryl methyl sites for hydroxylation is 2. The van der Waals surface area contributed by atoms with E-state index in [1.54, 1.807) is 28.9 Å². The molecule has 1 atom stereocenters.